The molecule has 23 heavy (non-hydrogen) atoms. The van der Waals surface area contributed by atoms with Crippen LogP contribution in [0.15, 0.2) is 0 Å². The van der Waals surface area contributed by atoms with Crippen molar-refractivity contribution >= 4 is 29.5 Å². The van der Waals surface area contributed by atoms with Gasteiger partial charge in [-0.1, -0.05) is 25.4 Å². The molecule has 9 heteroatoms. The maximum atomic E-state index is 12.2. The monoisotopic (exact) mass is 344 g/mol. The Morgan fingerprint density at radius 1 is 1.30 bits per heavy atom. The van der Waals surface area contributed by atoms with Crippen LogP contribution in [0.5, 0.6) is 0 Å². The highest BCUT2D eigenvalue weighted by Crippen LogP contribution is 2.22. The van der Waals surface area contributed by atoms with Gasteiger partial charge in [0.25, 0.3) is 5.91 Å². The zero-order valence-corrected chi connectivity index (χ0v) is 14.5. The van der Waals surface area contributed by atoms with Crippen molar-refractivity contribution in [2.24, 2.45) is 5.92 Å². The first-order valence-corrected chi connectivity index (χ1v) is 7.51. The number of carbonyl (C=O) groups excluding carboxylic acids is 3. The van der Waals surface area contributed by atoms with Gasteiger partial charge in [0.1, 0.15) is 10.7 Å². The Bertz CT molecular complexity index is 612. The predicted octanol–water partition coefficient (Wildman–Crippen LogP) is 1.50. The first kappa shape index (κ1) is 19.0. The molecular formula is C14H21ClN4O4. The number of amides is 3. The normalized spacial score (nSPS) is 12.0. The number of imide groups is 1. The molecule has 1 aromatic heterocycles. The molecule has 0 aliphatic heterocycles. The van der Waals surface area contributed by atoms with Gasteiger partial charge >= 0.3 is 12.0 Å². The second kappa shape index (κ2) is 7.96. The number of hydrogen-bond donors (Lipinski definition) is 2. The third-order valence-corrected chi connectivity index (χ3v) is 3.31. The fourth-order valence-corrected chi connectivity index (χ4v) is 2.12. The van der Waals surface area contributed by atoms with E-state index in [0.717, 1.165) is 0 Å². The maximum Gasteiger partial charge on any atom is 0.343 e. The third kappa shape index (κ3) is 4.95. The summed E-state index contributed by atoms with van der Waals surface area (Å²) in [6.45, 7) is 7.54. The van der Waals surface area contributed by atoms with Gasteiger partial charge in [0, 0.05) is 13.6 Å². The molecule has 0 aliphatic carbocycles. The summed E-state index contributed by atoms with van der Waals surface area (Å²) >= 11 is 6.17. The van der Waals surface area contributed by atoms with Gasteiger partial charge in [0.15, 0.2) is 6.10 Å². The van der Waals surface area contributed by atoms with E-state index in [-0.39, 0.29) is 10.7 Å². The molecule has 128 valence electrons. The lowest BCUT2D eigenvalue weighted by molar-refractivity contribution is -0.127. The molecule has 1 heterocycles. The Hall–Kier alpha value is -2.09. The Balaban J connectivity index is 2.84. The van der Waals surface area contributed by atoms with E-state index in [2.05, 4.69) is 10.4 Å². The highest BCUT2D eigenvalue weighted by atomic mass is 35.5. The lowest BCUT2D eigenvalue weighted by atomic mass is 10.2. The van der Waals surface area contributed by atoms with Crippen molar-refractivity contribution in [2.75, 3.05) is 7.05 Å². The number of nitrogens with one attached hydrogen (secondary N) is 2. The van der Waals surface area contributed by atoms with Gasteiger partial charge in [-0.25, -0.2) is 9.59 Å². The molecular weight excluding hydrogens is 324 g/mol. The van der Waals surface area contributed by atoms with Gasteiger partial charge in [-0.3, -0.25) is 14.8 Å². The quantitative estimate of drug-likeness (QED) is 0.788. The molecule has 0 bridgehead atoms. The molecule has 0 radical (unpaired) electrons. The van der Waals surface area contributed by atoms with E-state index in [0.29, 0.717) is 18.2 Å². The fraction of sp³-hybridized carbons (Fsp3) is 0.571. The van der Waals surface area contributed by atoms with Crippen molar-refractivity contribution in [2.45, 2.75) is 40.3 Å². The number of aryl methyl sites for hydroxylation is 1. The van der Waals surface area contributed by atoms with Gasteiger partial charge in [-0.05, 0) is 19.8 Å². The predicted molar refractivity (Wildman–Crippen MR) is 84.3 cm³/mol. The van der Waals surface area contributed by atoms with Gasteiger partial charge < -0.3 is 10.1 Å². The summed E-state index contributed by atoms with van der Waals surface area (Å²) in [4.78, 5) is 35.0. The van der Waals surface area contributed by atoms with Crippen molar-refractivity contribution in [3.63, 3.8) is 0 Å². The molecule has 2 N–H and O–H groups in total. The summed E-state index contributed by atoms with van der Waals surface area (Å²) in [5, 5.41) is 8.63. The van der Waals surface area contributed by atoms with E-state index in [1.807, 2.05) is 19.2 Å². The van der Waals surface area contributed by atoms with Crippen molar-refractivity contribution in [1.29, 1.82) is 0 Å². The van der Waals surface area contributed by atoms with Crippen LogP contribution in [0.3, 0.4) is 0 Å². The van der Waals surface area contributed by atoms with Crippen LogP contribution in [0, 0.1) is 12.8 Å². The van der Waals surface area contributed by atoms with E-state index < -0.39 is 24.0 Å². The van der Waals surface area contributed by atoms with Crippen molar-refractivity contribution < 1.29 is 19.1 Å². The summed E-state index contributed by atoms with van der Waals surface area (Å²) in [6, 6.07) is -0.683. The highest BCUT2D eigenvalue weighted by Gasteiger charge is 2.26. The van der Waals surface area contributed by atoms with Crippen molar-refractivity contribution in [3.05, 3.63) is 16.4 Å². The Kier molecular flexibility index (Phi) is 6.56. The minimum atomic E-state index is -1.15. The van der Waals surface area contributed by atoms with E-state index in [1.54, 1.807) is 6.92 Å². The lowest BCUT2D eigenvalue weighted by Gasteiger charge is -2.12. The van der Waals surface area contributed by atoms with Gasteiger partial charge in [-0.2, -0.15) is 5.10 Å². The number of hydrogen-bond acceptors (Lipinski definition) is 5. The summed E-state index contributed by atoms with van der Waals surface area (Å²) in [5.74, 6) is -1.20. The van der Waals surface area contributed by atoms with Crippen LogP contribution in [0.4, 0.5) is 4.79 Å². The molecule has 3 amide bonds. The third-order valence-electron chi connectivity index (χ3n) is 2.92. The summed E-state index contributed by atoms with van der Waals surface area (Å²) in [5.41, 5.74) is 0.534. The fourth-order valence-electron chi connectivity index (χ4n) is 1.80. The van der Waals surface area contributed by atoms with E-state index in [4.69, 9.17) is 16.3 Å². The second-order valence-electron chi connectivity index (χ2n) is 5.44. The summed E-state index contributed by atoms with van der Waals surface area (Å²) in [6.07, 6.45) is -1.15. The Morgan fingerprint density at radius 2 is 1.91 bits per heavy atom. The van der Waals surface area contributed by atoms with E-state index in [9.17, 15) is 14.4 Å². The maximum absolute atomic E-state index is 12.2. The average Bonchev–Trinajstić information content (AvgIpc) is 2.72. The van der Waals surface area contributed by atoms with Crippen LogP contribution < -0.4 is 10.6 Å². The van der Waals surface area contributed by atoms with Gasteiger partial charge in [0.2, 0.25) is 0 Å². The smallest absolute Gasteiger partial charge is 0.343 e. The van der Waals surface area contributed by atoms with E-state index >= 15 is 0 Å². The van der Waals surface area contributed by atoms with Crippen LogP contribution in [-0.2, 0) is 16.1 Å². The zero-order valence-electron chi connectivity index (χ0n) is 13.8. The minimum Gasteiger partial charge on any atom is -0.449 e. The van der Waals surface area contributed by atoms with Gasteiger partial charge in [0.05, 0.1) is 5.69 Å². The van der Waals surface area contributed by atoms with Crippen LogP contribution >= 0.6 is 11.6 Å². The molecule has 1 rings (SSSR count). The van der Waals surface area contributed by atoms with Crippen LogP contribution in [0.2, 0.25) is 5.15 Å². The summed E-state index contributed by atoms with van der Waals surface area (Å²) < 4.78 is 6.58. The van der Waals surface area contributed by atoms with Crippen LogP contribution in [-0.4, -0.2) is 40.8 Å². The highest BCUT2D eigenvalue weighted by molar-refractivity contribution is 6.32. The van der Waals surface area contributed by atoms with Crippen LogP contribution in [0.25, 0.3) is 0 Å². The molecule has 1 aromatic rings. The Morgan fingerprint density at radius 3 is 2.43 bits per heavy atom. The minimum absolute atomic E-state index is 0.118. The number of rotatable bonds is 5. The SMILES string of the molecule is CNC(=O)NC(=O)[C@H](C)OC(=O)c1c(C)nn(CC(C)C)c1Cl. The van der Waals surface area contributed by atoms with Crippen LogP contribution in [0.1, 0.15) is 36.8 Å². The average molecular weight is 345 g/mol. The first-order chi connectivity index (χ1) is 10.7. The number of ether oxygens (including phenoxy) is 1. The lowest BCUT2D eigenvalue weighted by Crippen LogP contribution is -2.43. The zero-order chi connectivity index (χ0) is 17.7. The molecule has 1 atom stereocenters. The molecule has 0 saturated carbocycles. The van der Waals surface area contributed by atoms with Crippen molar-refractivity contribution in [1.82, 2.24) is 20.4 Å². The molecule has 0 saturated heterocycles. The van der Waals surface area contributed by atoms with E-state index in [1.165, 1.54) is 18.7 Å². The van der Waals surface area contributed by atoms with Crippen molar-refractivity contribution in [3.8, 4) is 0 Å². The number of nitrogens with zero attached hydrogens (tertiary/aromatic N) is 2. The molecule has 0 fully saturated rings. The summed E-state index contributed by atoms with van der Waals surface area (Å²) in [7, 11) is 1.37. The number of carbonyl (C=O) groups is 3. The number of aromatic nitrogens is 2. The topological polar surface area (TPSA) is 102 Å². The number of urea groups is 1. The number of esters is 1. The molecule has 0 spiro atoms. The standard InChI is InChI=1S/C14H21ClN4O4/c1-7(2)6-19-11(15)10(8(3)18-19)13(21)23-9(4)12(20)17-14(22)16-5/h7,9H,6H2,1-5H3,(H2,16,17,20,22)/t9-/m0/s1. The number of halogens is 1. The largest absolute Gasteiger partial charge is 0.449 e. The van der Waals surface area contributed by atoms with Gasteiger partial charge in [-0.15, -0.1) is 0 Å². The molecule has 0 unspecified atom stereocenters. The molecule has 0 aliphatic rings. The molecule has 8 nitrogen and oxygen atoms in total. The molecule has 0 aromatic carbocycles. The first-order valence-electron chi connectivity index (χ1n) is 7.13. The Labute approximate surface area is 139 Å². The second-order valence-corrected chi connectivity index (χ2v) is 5.80.